The molecule has 0 heterocycles. The molecule has 0 saturated carbocycles. The molecular formula is C13H16F3NO2. The van der Waals surface area contributed by atoms with E-state index in [1.807, 2.05) is 0 Å². The zero-order valence-corrected chi connectivity index (χ0v) is 10.5. The molecule has 1 amide bonds. The van der Waals surface area contributed by atoms with Gasteiger partial charge in [0.15, 0.2) is 0 Å². The summed E-state index contributed by atoms with van der Waals surface area (Å²) >= 11 is 0. The first-order valence-corrected chi connectivity index (χ1v) is 5.90. The Morgan fingerprint density at radius 3 is 2.58 bits per heavy atom. The molecule has 1 aromatic rings. The van der Waals surface area contributed by atoms with Crippen LogP contribution in [0.5, 0.6) is 0 Å². The fourth-order valence-electron chi connectivity index (χ4n) is 1.57. The van der Waals surface area contributed by atoms with E-state index in [4.69, 9.17) is 5.11 Å². The molecule has 0 aromatic heterocycles. The zero-order valence-electron chi connectivity index (χ0n) is 10.5. The van der Waals surface area contributed by atoms with Crippen molar-refractivity contribution in [3.05, 3.63) is 35.4 Å². The van der Waals surface area contributed by atoms with Crippen molar-refractivity contribution in [1.29, 1.82) is 0 Å². The van der Waals surface area contributed by atoms with Gasteiger partial charge in [0.05, 0.1) is 11.7 Å². The first-order chi connectivity index (χ1) is 8.80. The van der Waals surface area contributed by atoms with Gasteiger partial charge in [-0.05, 0) is 25.0 Å². The van der Waals surface area contributed by atoms with Crippen LogP contribution < -0.4 is 5.32 Å². The monoisotopic (exact) mass is 275 g/mol. The van der Waals surface area contributed by atoms with Gasteiger partial charge in [0.1, 0.15) is 0 Å². The predicted octanol–water partition coefficient (Wildman–Crippen LogP) is 2.48. The number of carbonyl (C=O) groups is 1. The molecule has 0 fully saturated rings. The van der Waals surface area contributed by atoms with E-state index in [-0.39, 0.29) is 30.9 Å². The first-order valence-electron chi connectivity index (χ1n) is 5.90. The van der Waals surface area contributed by atoms with Gasteiger partial charge < -0.3 is 10.4 Å². The summed E-state index contributed by atoms with van der Waals surface area (Å²) in [5.74, 6) is -0.377. The third-order valence-corrected chi connectivity index (χ3v) is 2.59. The number of alkyl halides is 3. The van der Waals surface area contributed by atoms with Crippen molar-refractivity contribution in [2.75, 3.05) is 0 Å². The van der Waals surface area contributed by atoms with Crippen molar-refractivity contribution in [1.82, 2.24) is 5.32 Å². The summed E-state index contributed by atoms with van der Waals surface area (Å²) in [6.07, 6.45) is -4.66. The lowest BCUT2D eigenvalue weighted by atomic mass is 10.1. The van der Waals surface area contributed by atoms with E-state index in [0.29, 0.717) is 0 Å². The van der Waals surface area contributed by atoms with Gasteiger partial charge in [-0.2, -0.15) is 13.2 Å². The molecule has 19 heavy (non-hydrogen) atoms. The lowest BCUT2D eigenvalue weighted by molar-refractivity contribution is -0.138. The Bertz CT molecular complexity index is 430. The molecule has 1 aromatic carbocycles. The summed E-state index contributed by atoms with van der Waals surface area (Å²) in [7, 11) is 0. The van der Waals surface area contributed by atoms with Gasteiger partial charge in [0.25, 0.3) is 0 Å². The number of aliphatic hydroxyl groups is 1. The smallest absolute Gasteiger partial charge is 0.393 e. The van der Waals surface area contributed by atoms with Crippen LogP contribution >= 0.6 is 0 Å². The normalized spacial score (nSPS) is 13.1. The Morgan fingerprint density at radius 2 is 2.00 bits per heavy atom. The van der Waals surface area contributed by atoms with Gasteiger partial charge in [0, 0.05) is 13.0 Å². The highest BCUT2D eigenvalue weighted by Crippen LogP contribution is 2.31. The summed E-state index contributed by atoms with van der Waals surface area (Å²) < 4.78 is 38.0. The Labute approximate surface area is 109 Å². The van der Waals surface area contributed by atoms with Crippen LogP contribution in [0.15, 0.2) is 24.3 Å². The molecule has 1 rings (SSSR count). The van der Waals surface area contributed by atoms with Crippen LogP contribution in [-0.4, -0.2) is 17.1 Å². The maximum atomic E-state index is 12.7. The van der Waals surface area contributed by atoms with Crippen LogP contribution in [0.4, 0.5) is 13.2 Å². The number of rotatable bonds is 5. The molecule has 0 aliphatic heterocycles. The van der Waals surface area contributed by atoms with Gasteiger partial charge >= 0.3 is 6.18 Å². The second-order valence-electron chi connectivity index (χ2n) is 4.32. The number of benzene rings is 1. The average Bonchev–Trinajstić information content (AvgIpc) is 2.33. The van der Waals surface area contributed by atoms with Crippen LogP contribution in [0.2, 0.25) is 0 Å². The first kappa shape index (κ1) is 15.5. The molecule has 0 saturated heterocycles. The molecule has 0 bridgehead atoms. The summed E-state index contributed by atoms with van der Waals surface area (Å²) in [5.41, 5.74) is -0.716. The lowest BCUT2D eigenvalue weighted by Gasteiger charge is -2.13. The van der Waals surface area contributed by atoms with E-state index >= 15 is 0 Å². The molecule has 6 heteroatoms. The highest BCUT2D eigenvalue weighted by molar-refractivity contribution is 5.75. The molecule has 106 valence electrons. The summed E-state index contributed by atoms with van der Waals surface area (Å²) in [6.45, 7) is 1.38. The number of amides is 1. The number of hydrogen-bond acceptors (Lipinski definition) is 2. The minimum absolute atomic E-state index is 0.0281. The molecule has 2 N–H and O–H groups in total. The zero-order chi connectivity index (χ0) is 14.5. The van der Waals surface area contributed by atoms with Gasteiger partial charge in [0.2, 0.25) is 5.91 Å². The van der Waals surface area contributed by atoms with Crippen LogP contribution in [0.3, 0.4) is 0 Å². The van der Waals surface area contributed by atoms with Gasteiger partial charge in [-0.3, -0.25) is 4.79 Å². The Kier molecular flexibility index (Phi) is 5.35. The van der Waals surface area contributed by atoms with Crippen molar-refractivity contribution < 1.29 is 23.1 Å². The summed E-state index contributed by atoms with van der Waals surface area (Å²) in [4.78, 5) is 11.4. The van der Waals surface area contributed by atoms with Gasteiger partial charge in [-0.1, -0.05) is 18.2 Å². The van der Waals surface area contributed by atoms with Crippen LogP contribution in [0.25, 0.3) is 0 Å². The maximum absolute atomic E-state index is 12.7. The maximum Gasteiger partial charge on any atom is 0.416 e. The highest BCUT2D eigenvalue weighted by atomic mass is 19.4. The molecule has 0 aliphatic rings. The quantitative estimate of drug-likeness (QED) is 0.867. The third kappa shape index (κ3) is 5.30. The number of aliphatic hydroxyl groups excluding tert-OH is 1. The van der Waals surface area contributed by atoms with Crippen molar-refractivity contribution in [3.8, 4) is 0 Å². The largest absolute Gasteiger partial charge is 0.416 e. The van der Waals surface area contributed by atoms with E-state index < -0.39 is 17.8 Å². The van der Waals surface area contributed by atoms with E-state index in [1.54, 1.807) is 6.92 Å². The third-order valence-electron chi connectivity index (χ3n) is 2.59. The van der Waals surface area contributed by atoms with Crippen LogP contribution in [0.1, 0.15) is 30.9 Å². The molecule has 1 atom stereocenters. The lowest BCUT2D eigenvalue weighted by Crippen LogP contribution is -2.25. The SMILES string of the molecule is CC(O)CCC(=O)NCc1ccccc1C(F)(F)F. The van der Waals surface area contributed by atoms with Gasteiger partial charge in [-0.15, -0.1) is 0 Å². The second kappa shape index (κ2) is 6.56. The fraction of sp³-hybridized carbons (Fsp3) is 0.462. The van der Waals surface area contributed by atoms with Crippen molar-refractivity contribution in [2.24, 2.45) is 0 Å². The van der Waals surface area contributed by atoms with Crippen molar-refractivity contribution in [3.63, 3.8) is 0 Å². The summed E-state index contributed by atoms with van der Waals surface area (Å²) in [5, 5.41) is 11.4. The van der Waals surface area contributed by atoms with E-state index in [9.17, 15) is 18.0 Å². The number of halogens is 3. The van der Waals surface area contributed by atoms with Crippen LogP contribution in [0, 0.1) is 0 Å². The molecular weight excluding hydrogens is 259 g/mol. The highest BCUT2D eigenvalue weighted by Gasteiger charge is 2.32. The molecule has 0 radical (unpaired) electrons. The average molecular weight is 275 g/mol. The number of hydrogen-bond donors (Lipinski definition) is 2. The topological polar surface area (TPSA) is 49.3 Å². The Morgan fingerprint density at radius 1 is 1.37 bits per heavy atom. The number of carbonyl (C=O) groups excluding carboxylic acids is 1. The summed E-state index contributed by atoms with van der Waals surface area (Å²) in [6, 6.07) is 5.11. The van der Waals surface area contributed by atoms with Crippen molar-refractivity contribution >= 4 is 5.91 Å². The molecule has 3 nitrogen and oxygen atoms in total. The minimum Gasteiger partial charge on any atom is -0.393 e. The second-order valence-corrected chi connectivity index (χ2v) is 4.32. The van der Waals surface area contributed by atoms with E-state index in [1.165, 1.54) is 18.2 Å². The molecule has 1 unspecified atom stereocenters. The predicted molar refractivity (Wildman–Crippen MR) is 64.2 cm³/mol. The van der Waals surface area contributed by atoms with Gasteiger partial charge in [-0.25, -0.2) is 0 Å². The number of nitrogens with one attached hydrogen (secondary N) is 1. The van der Waals surface area contributed by atoms with Crippen LogP contribution in [-0.2, 0) is 17.5 Å². The Hall–Kier alpha value is -1.56. The fourth-order valence-corrected chi connectivity index (χ4v) is 1.57. The van der Waals surface area contributed by atoms with E-state index in [2.05, 4.69) is 5.32 Å². The molecule has 0 spiro atoms. The molecule has 0 aliphatic carbocycles. The van der Waals surface area contributed by atoms with Crippen molar-refractivity contribution in [2.45, 2.75) is 38.6 Å². The Balaban J connectivity index is 2.61. The van der Waals surface area contributed by atoms with E-state index in [0.717, 1.165) is 6.07 Å². The standard InChI is InChI=1S/C13H16F3NO2/c1-9(18)6-7-12(19)17-8-10-4-2-3-5-11(10)13(14,15)16/h2-5,9,18H,6-8H2,1H3,(H,17,19). The minimum atomic E-state index is -4.43.